The summed E-state index contributed by atoms with van der Waals surface area (Å²) in [7, 11) is 0. The summed E-state index contributed by atoms with van der Waals surface area (Å²) in [5, 5.41) is 0. The van der Waals surface area contributed by atoms with Crippen LogP contribution in [0.25, 0.3) is 0 Å². The van der Waals surface area contributed by atoms with E-state index in [9.17, 15) is 0 Å². The molecule has 3 saturated carbocycles. The van der Waals surface area contributed by atoms with Gasteiger partial charge in [0.15, 0.2) is 0 Å². The van der Waals surface area contributed by atoms with Crippen molar-refractivity contribution in [3.63, 3.8) is 0 Å². The lowest BCUT2D eigenvalue weighted by atomic mass is 9.56. The van der Waals surface area contributed by atoms with Gasteiger partial charge in [0.2, 0.25) is 0 Å². The van der Waals surface area contributed by atoms with E-state index in [1.165, 1.54) is 51.4 Å². The minimum atomic E-state index is 0.265. The first kappa shape index (κ1) is 9.00. The van der Waals surface area contributed by atoms with Crippen LogP contribution in [0.3, 0.4) is 0 Å². The van der Waals surface area contributed by atoms with Gasteiger partial charge in [-0.2, -0.15) is 0 Å². The molecule has 2 nitrogen and oxygen atoms in total. The predicted molar refractivity (Wildman–Crippen MR) is 58.4 cm³/mol. The molecular weight excluding hydrogens is 186 g/mol. The molecule has 4 rings (SSSR count). The van der Waals surface area contributed by atoms with E-state index in [2.05, 4.69) is 0 Å². The lowest BCUT2D eigenvalue weighted by Crippen LogP contribution is -2.56. The molecule has 15 heavy (non-hydrogen) atoms. The van der Waals surface area contributed by atoms with E-state index < -0.39 is 0 Å². The summed E-state index contributed by atoms with van der Waals surface area (Å²) in [6.07, 6.45) is 10.8. The largest absolute Gasteiger partial charge is 0.362 e. The van der Waals surface area contributed by atoms with Gasteiger partial charge in [0.25, 0.3) is 0 Å². The zero-order valence-corrected chi connectivity index (χ0v) is 9.37. The van der Waals surface area contributed by atoms with E-state index in [1.807, 2.05) is 0 Å². The van der Waals surface area contributed by atoms with E-state index >= 15 is 0 Å². The van der Waals surface area contributed by atoms with E-state index in [0.717, 1.165) is 5.92 Å². The van der Waals surface area contributed by atoms with Crippen LogP contribution in [-0.2, 0) is 4.74 Å². The van der Waals surface area contributed by atoms with Crippen LogP contribution in [0.4, 0.5) is 0 Å². The molecule has 0 aromatic carbocycles. The molecule has 1 aliphatic heterocycles. The zero-order valence-electron chi connectivity index (χ0n) is 9.37. The molecule has 0 amide bonds. The maximum atomic E-state index is 6.42. The standard InChI is InChI=1S/C13H21NO/c14-11-9-4-3-5-10(11)13-7-2-1-6-12(13,8-9)15-13/h9-11H,1-8,14H2/t9?,10?,11-,12-,13+/m0/s1. The van der Waals surface area contributed by atoms with Crippen molar-refractivity contribution in [3.05, 3.63) is 0 Å². The van der Waals surface area contributed by atoms with Crippen molar-refractivity contribution in [1.82, 2.24) is 0 Å². The molecule has 0 spiro atoms. The first-order chi connectivity index (χ1) is 7.28. The Morgan fingerprint density at radius 3 is 2.87 bits per heavy atom. The van der Waals surface area contributed by atoms with Crippen molar-refractivity contribution in [2.45, 2.75) is 68.6 Å². The maximum Gasteiger partial charge on any atom is 0.102 e. The van der Waals surface area contributed by atoms with Gasteiger partial charge in [-0.3, -0.25) is 0 Å². The van der Waals surface area contributed by atoms with Gasteiger partial charge >= 0.3 is 0 Å². The highest BCUT2D eigenvalue weighted by Crippen LogP contribution is 2.69. The minimum Gasteiger partial charge on any atom is -0.362 e. The summed E-state index contributed by atoms with van der Waals surface area (Å²) in [6, 6.07) is 0.451. The van der Waals surface area contributed by atoms with Gasteiger partial charge in [0.1, 0.15) is 5.60 Å². The van der Waals surface area contributed by atoms with Crippen molar-refractivity contribution >= 4 is 0 Å². The third-order valence-electron chi connectivity index (χ3n) is 5.78. The molecule has 2 N–H and O–H groups in total. The summed E-state index contributed by atoms with van der Waals surface area (Å²) in [6.45, 7) is 0. The Hall–Kier alpha value is -0.0800. The summed E-state index contributed by atoms with van der Waals surface area (Å²) >= 11 is 0. The van der Waals surface area contributed by atoms with Crippen LogP contribution in [-0.4, -0.2) is 17.2 Å². The molecule has 0 aromatic rings. The second-order valence-corrected chi connectivity index (χ2v) is 6.27. The number of hydrogen-bond acceptors (Lipinski definition) is 2. The normalized spacial score (nSPS) is 61.8. The van der Waals surface area contributed by atoms with Crippen molar-refractivity contribution < 1.29 is 4.74 Å². The van der Waals surface area contributed by atoms with Gasteiger partial charge in [-0.1, -0.05) is 19.3 Å². The Labute approximate surface area is 91.5 Å². The fraction of sp³-hybridized carbons (Fsp3) is 1.00. The van der Waals surface area contributed by atoms with Gasteiger partial charge in [-0.15, -0.1) is 0 Å². The van der Waals surface area contributed by atoms with Gasteiger partial charge in [0, 0.05) is 12.0 Å². The number of ether oxygens (including phenoxy) is 1. The van der Waals surface area contributed by atoms with E-state index in [1.54, 1.807) is 0 Å². The summed E-state index contributed by atoms with van der Waals surface area (Å²) in [4.78, 5) is 0. The van der Waals surface area contributed by atoms with Gasteiger partial charge in [-0.25, -0.2) is 0 Å². The van der Waals surface area contributed by atoms with Crippen LogP contribution < -0.4 is 5.73 Å². The molecular formula is C13H21NO. The number of epoxide rings is 1. The summed E-state index contributed by atoms with van der Waals surface area (Å²) in [5.41, 5.74) is 7.00. The van der Waals surface area contributed by atoms with Crippen LogP contribution in [0.1, 0.15) is 51.4 Å². The fourth-order valence-corrected chi connectivity index (χ4v) is 5.10. The molecule has 1 heterocycles. The van der Waals surface area contributed by atoms with Crippen LogP contribution in [0.5, 0.6) is 0 Å². The van der Waals surface area contributed by atoms with Crippen molar-refractivity contribution in [2.75, 3.05) is 0 Å². The van der Waals surface area contributed by atoms with Gasteiger partial charge < -0.3 is 10.5 Å². The fourth-order valence-electron chi connectivity index (χ4n) is 5.10. The highest BCUT2D eigenvalue weighted by molar-refractivity contribution is 5.26. The van der Waals surface area contributed by atoms with E-state index in [0.29, 0.717) is 17.6 Å². The third-order valence-corrected chi connectivity index (χ3v) is 5.78. The highest BCUT2D eigenvalue weighted by Gasteiger charge is 2.77. The maximum absolute atomic E-state index is 6.42. The zero-order chi connectivity index (χ0) is 10.1. The lowest BCUT2D eigenvalue weighted by Gasteiger charge is -2.47. The Kier molecular flexibility index (Phi) is 1.56. The second kappa shape index (κ2) is 2.60. The third kappa shape index (κ3) is 0.898. The molecule has 4 fully saturated rings. The average molecular weight is 207 g/mol. The molecule has 3 aliphatic carbocycles. The molecule has 2 heteroatoms. The average Bonchev–Trinajstić information content (AvgIpc) is 2.88. The molecule has 0 radical (unpaired) electrons. The second-order valence-electron chi connectivity index (χ2n) is 6.27. The number of hydrogen-bond donors (Lipinski definition) is 1. The van der Waals surface area contributed by atoms with Gasteiger partial charge in [-0.05, 0) is 38.0 Å². The first-order valence-electron chi connectivity index (χ1n) is 6.73. The van der Waals surface area contributed by atoms with Crippen LogP contribution in [0.2, 0.25) is 0 Å². The molecule has 4 aliphatic rings. The number of rotatable bonds is 0. The molecule has 1 saturated heterocycles. The van der Waals surface area contributed by atoms with Crippen LogP contribution in [0.15, 0.2) is 0 Å². The summed E-state index contributed by atoms with van der Waals surface area (Å²) in [5.74, 6) is 1.47. The smallest absolute Gasteiger partial charge is 0.102 e. The highest BCUT2D eigenvalue weighted by atomic mass is 16.6. The molecule has 84 valence electrons. The minimum absolute atomic E-state index is 0.265. The van der Waals surface area contributed by atoms with Crippen LogP contribution in [0, 0.1) is 11.8 Å². The number of nitrogens with two attached hydrogens (primary N) is 1. The van der Waals surface area contributed by atoms with Crippen molar-refractivity contribution in [3.8, 4) is 0 Å². The Morgan fingerprint density at radius 1 is 1.07 bits per heavy atom. The predicted octanol–water partition coefficient (Wildman–Crippen LogP) is 2.22. The molecule has 2 unspecified atom stereocenters. The molecule has 2 bridgehead atoms. The molecule has 5 atom stereocenters. The Bertz CT molecular complexity index is 305. The number of fused-ring (bicyclic) bond motifs is 2. The van der Waals surface area contributed by atoms with Crippen molar-refractivity contribution in [1.29, 1.82) is 0 Å². The van der Waals surface area contributed by atoms with Crippen LogP contribution >= 0.6 is 0 Å². The first-order valence-corrected chi connectivity index (χ1v) is 6.73. The monoisotopic (exact) mass is 207 g/mol. The topological polar surface area (TPSA) is 38.5 Å². The van der Waals surface area contributed by atoms with Crippen molar-refractivity contribution in [2.24, 2.45) is 17.6 Å². The molecule has 0 aromatic heterocycles. The lowest BCUT2D eigenvalue weighted by molar-refractivity contribution is 0.0821. The Balaban J connectivity index is 1.74. The quantitative estimate of drug-likeness (QED) is 0.618. The SMILES string of the molecule is N[C@H]1C2CCCC1[C@]13CCCC[C@@]1(C2)O3. The Morgan fingerprint density at radius 2 is 1.93 bits per heavy atom. The van der Waals surface area contributed by atoms with Gasteiger partial charge in [0.05, 0.1) is 5.60 Å². The van der Waals surface area contributed by atoms with E-state index in [4.69, 9.17) is 10.5 Å². The summed E-state index contributed by atoms with van der Waals surface area (Å²) < 4.78 is 6.32. The van der Waals surface area contributed by atoms with E-state index in [-0.39, 0.29) is 5.60 Å².